The quantitative estimate of drug-likeness (QED) is 0.904. The molecule has 0 radical (unpaired) electrons. The Balaban J connectivity index is 2.28. The minimum absolute atomic E-state index is 0.0436. The van der Waals surface area contributed by atoms with Gasteiger partial charge in [0.2, 0.25) is 11.8 Å². The SMILES string of the molecule is CCCC1C(=O)NCC(=O)N1Cc1cc(Cl)ccc1OC. The number of amides is 2. The van der Waals surface area contributed by atoms with Crippen molar-refractivity contribution in [3.05, 3.63) is 28.8 Å². The average molecular weight is 311 g/mol. The molecule has 6 heteroatoms. The van der Waals surface area contributed by atoms with E-state index in [2.05, 4.69) is 5.32 Å². The van der Waals surface area contributed by atoms with E-state index in [-0.39, 0.29) is 18.4 Å². The average Bonchev–Trinajstić information content (AvgIpc) is 2.47. The fourth-order valence-corrected chi connectivity index (χ4v) is 2.71. The van der Waals surface area contributed by atoms with E-state index in [0.717, 1.165) is 12.0 Å². The van der Waals surface area contributed by atoms with E-state index in [0.29, 0.717) is 23.7 Å². The molecule has 1 aliphatic rings. The number of hydrogen-bond acceptors (Lipinski definition) is 3. The van der Waals surface area contributed by atoms with Crippen LogP contribution in [-0.4, -0.2) is 36.4 Å². The molecule has 1 aromatic rings. The van der Waals surface area contributed by atoms with Gasteiger partial charge >= 0.3 is 0 Å². The van der Waals surface area contributed by atoms with E-state index in [1.807, 2.05) is 6.92 Å². The fraction of sp³-hybridized carbons (Fsp3) is 0.467. The molecule has 0 aliphatic carbocycles. The zero-order chi connectivity index (χ0) is 15.4. The number of carbonyl (C=O) groups excluding carboxylic acids is 2. The fourth-order valence-electron chi connectivity index (χ4n) is 2.51. The number of piperazine rings is 1. The first-order chi connectivity index (χ1) is 10.1. The number of nitrogens with zero attached hydrogens (tertiary/aromatic N) is 1. The largest absolute Gasteiger partial charge is 0.496 e. The lowest BCUT2D eigenvalue weighted by Crippen LogP contribution is -2.57. The van der Waals surface area contributed by atoms with Gasteiger partial charge in [-0.2, -0.15) is 0 Å². The first-order valence-electron chi connectivity index (χ1n) is 6.96. The maximum atomic E-state index is 12.2. The van der Waals surface area contributed by atoms with Gasteiger partial charge in [0.05, 0.1) is 20.2 Å². The number of benzene rings is 1. The monoisotopic (exact) mass is 310 g/mol. The van der Waals surface area contributed by atoms with Crippen LogP contribution in [0.1, 0.15) is 25.3 Å². The van der Waals surface area contributed by atoms with Crippen molar-refractivity contribution in [3.8, 4) is 5.75 Å². The predicted octanol–water partition coefficient (Wildman–Crippen LogP) is 1.98. The number of halogens is 1. The predicted molar refractivity (Wildman–Crippen MR) is 80.3 cm³/mol. The Kier molecular flexibility index (Phi) is 5.07. The van der Waals surface area contributed by atoms with Crippen molar-refractivity contribution in [2.75, 3.05) is 13.7 Å². The summed E-state index contributed by atoms with van der Waals surface area (Å²) in [5.74, 6) is 0.473. The highest BCUT2D eigenvalue weighted by molar-refractivity contribution is 6.30. The highest BCUT2D eigenvalue weighted by Gasteiger charge is 2.34. The van der Waals surface area contributed by atoms with Crippen molar-refractivity contribution >= 4 is 23.4 Å². The zero-order valence-corrected chi connectivity index (χ0v) is 12.9. The Morgan fingerprint density at radius 3 is 2.86 bits per heavy atom. The molecule has 1 aromatic carbocycles. The highest BCUT2D eigenvalue weighted by Crippen LogP contribution is 2.26. The second kappa shape index (κ2) is 6.80. The van der Waals surface area contributed by atoms with Gasteiger partial charge in [-0.3, -0.25) is 9.59 Å². The van der Waals surface area contributed by atoms with Crippen molar-refractivity contribution < 1.29 is 14.3 Å². The van der Waals surface area contributed by atoms with E-state index in [1.54, 1.807) is 30.2 Å². The second-order valence-corrected chi connectivity index (χ2v) is 5.44. The van der Waals surface area contributed by atoms with Crippen LogP contribution in [0, 0.1) is 0 Å². The van der Waals surface area contributed by atoms with Crippen LogP contribution in [0.2, 0.25) is 5.02 Å². The molecule has 1 heterocycles. The third kappa shape index (κ3) is 3.47. The van der Waals surface area contributed by atoms with Crippen LogP contribution in [0.4, 0.5) is 0 Å². The molecule has 1 unspecified atom stereocenters. The van der Waals surface area contributed by atoms with Crippen molar-refractivity contribution in [1.29, 1.82) is 0 Å². The molecule has 1 N–H and O–H groups in total. The smallest absolute Gasteiger partial charge is 0.243 e. The Morgan fingerprint density at radius 2 is 2.19 bits per heavy atom. The summed E-state index contributed by atoms with van der Waals surface area (Å²) in [6.07, 6.45) is 1.47. The van der Waals surface area contributed by atoms with Gasteiger partial charge < -0.3 is 15.0 Å². The van der Waals surface area contributed by atoms with Gasteiger partial charge in [-0.15, -0.1) is 0 Å². The van der Waals surface area contributed by atoms with Crippen molar-refractivity contribution in [1.82, 2.24) is 10.2 Å². The van der Waals surface area contributed by atoms with Gasteiger partial charge in [-0.1, -0.05) is 24.9 Å². The third-order valence-corrected chi connectivity index (χ3v) is 3.79. The Morgan fingerprint density at radius 1 is 1.43 bits per heavy atom. The van der Waals surface area contributed by atoms with Gasteiger partial charge in [0.25, 0.3) is 0 Å². The van der Waals surface area contributed by atoms with Crippen LogP contribution in [-0.2, 0) is 16.1 Å². The first-order valence-corrected chi connectivity index (χ1v) is 7.34. The third-order valence-electron chi connectivity index (χ3n) is 3.56. The molecule has 0 spiro atoms. The van der Waals surface area contributed by atoms with E-state index < -0.39 is 6.04 Å². The lowest BCUT2D eigenvalue weighted by Gasteiger charge is -2.35. The number of ether oxygens (including phenoxy) is 1. The van der Waals surface area contributed by atoms with Crippen LogP contribution in [0.3, 0.4) is 0 Å². The number of methoxy groups -OCH3 is 1. The molecule has 0 saturated carbocycles. The summed E-state index contributed by atoms with van der Waals surface area (Å²) in [5, 5.41) is 3.21. The number of hydrogen-bond donors (Lipinski definition) is 1. The minimum Gasteiger partial charge on any atom is -0.496 e. The molecule has 0 bridgehead atoms. The Hall–Kier alpha value is -1.75. The Bertz CT molecular complexity index is 548. The summed E-state index contributed by atoms with van der Waals surface area (Å²) < 4.78 is 5.30. The molecule has 1 atom stereocenters. The number of nitrogens with one attached hydrogen (secondary N) is 1. The van der Waals surface area contributed by atoms with Gasteiger partial charge in [-0.05, 0) is 24.6 Å². The second-order valence-electron chi connectivity index (χ2n) is 5.00. The molecule has 0 aromatic heterocycles. The van der Waals surface area contributed by atoms with Crippen LogP contribution < -0.4 is 10.1 Å². The van der Waals surface area contributed by atoms with E-state index in [9.17, 15) is 9.59 Å². The zero-order valence-electron chi connectivity index (χ0n) is 12.2. The van der Waals surface area contributed by atoms with Gasteiger partial charge in [0.15, 0.2) is 0 Å². The maximum Gasteiger partial charge on any atom is 0.243 e. The number of rotatable bonds is 5. The normalized spacial score (nSPS) is 18.6. The van der Waals surface area contributed by atoms with Crippen LogP contribution in [0.15, 0.2) is 18.2 Å². The standard InChI is InChI=1S/C15H19ClN2O3/c1-3-4-12-15(20)17-8-14(19)18(12)9-10-7-11(16)5-6-13(10)21-2/h5-7,12H,3-4,8-9H2,1-2H3,(H,17,20). The van der Waals surface area contributed by atoms with Crippen molar-refractivity contribution in [2.24, 2.45) is 0 Å². The van der Waals surface area contributed by atoms with Gasteiger partial charge in [0, 0.05) is 10.6 Å². The molecular formula is C15H19ClN2O3. The first kappa shape index (κ1) is 15.6. The number of carbonyl (C=O) groups is 2. The topological polar surface area (TPSA) is 58.6 Å². The summed E-state index contributed by atoms with van der Waals surface area (Å²) in [4.78, 5) is 25.7. The van der Waals surface area contributed by atoms with Gasteiger partial charge in [0.1, 0.15) is 11.8 Å². The lowest BCUT2D eigenvalue weighted by atomic mass is 10.0. The molecule has 2 rings (SSSR count). The summed E-state index contributed by atoms with van der Waals surface area (Å²) in [7, 11) is 1.57. The van der Waals surface area contributed by atoms with Crippen LogP contribution in [0.5, 0.6) is 5.75 Å². The summed E-state index contributed by atoms with van der Waals surface area (Å²) >= 11 is 6.02. The maximum absolute atomic E-state index is 12.2. The summed E-state index contributed by atoms with van der Waals surface area (Å²) in [6, 6.07) is 4.84. The molecule has 1 fully saturated rings. The summed E-state index contributed by atoms with van der Waals surface area (Å²) in [5.41, 5.74) is 0.800. The lowest BCUT2D eigenvalue weighted by molar-refractivity contribution is -0.146. The summed E-state index contributed by atoms with van der Waals surface area (Å²) in [6.45, 7) is 2.35. The molecular weight excluding hydrogens is 292 g/mol. The molecule has 1 saturated heterocycles. The molecule has 2 amide bonds. The van der Waals surface area contributed by atoms with Crippen molar-refractivity contribution in [3.63, 3.8) is 0 Å². The highest BCUT2D eigenvalue weighted by atomic mass is 35.5. The molecule has 1 aliphatic heterocycles. The van der Waals surface area contributed by atoms with Crippen LogP contribution >= 0.6 is 11.6 Å². The molecule has 21 heavy (non-hydrogen) atoms. The van der Waals surface area contributed by atoms with Gasteiger partial charge in [-0.25, -0.2) is 0 Å². The molecule has 114 valence electrons. The van der Waals surface area contributed by atoms with Crippen LogP contribution in [0.25, 0.3) is 0 Å². The van der Waals surface area contributed by atoms with Crippen molar-refractivity contribution in [2.45, 2.75) is 32.4 Å². The minimum atomic E-state index is -0.431. The van der Waals surface area contributed by atoms with E-state index in [1.165, 1.54) is 0 Å². The van der Waals surface area contributed by atoms with E-state index >= 15 is 0 Å². The molecule has 5 nitrogen and oxygen atoms in total. The van der Waals surface area contributed by atoms with E-state index in [4.69, 9.17) is 16.3 Å². The Labute approximate surface area is 129 Å².